The molecule has 1 nitrogen and oxygen atoms in total. The lowest BCUT2D eigenvalue weighted by atomic mass is 9.55. The van der Waals surface area contributed by atoms with Gasteiger partial charge in [0.25, 0.3) is 0 Å². The Morgan fingerprint density at radius 2 is 2.05 bits per heavy atom. The lowest BCUT2D eigenvalue weighted by Gasteiger charge is -2.48. The first-order valence-corrected chi connectivity index (χ1v) is 7.92. The van der Waals surface area contributed by atoms with Crippen molar-refractivity contribution in [3.63, 3.8) is 0 Å². The fraction of sp³-hybridized carbons (Fsp3) is 0.611. The SMILES string of the molecule is C[C@]12CC[C@@H]3c4cccc(F)c4CCC3[C@@H]1CCC2=O. The van der Waals surface area contributed by atoms with Crippen LogP contribution in [0.1, 0.15) is 56.1 Å². The van der Waals surface area contributed by atoms with E-state index in [9.17, 15) is 9.18 Å². The number of benzene rings is 1. The van der Waals surface area contributed by atoms with Gasteiger partial charge in [-0.3, -0.25) is 4.79 Å². The smallest absolute Gasteiger partial charge is 0.139 e. The van der Waals surface area contributed by atoms with Gasteiger partial charge in [-0.15, -0.1) is 0 Å². The van der Waals surface area contributed by atoms with E-state index in [2.05, 4.69) is 13.0 Å². The molecular weight excluding hydrogens is 251 g/mol. The van der Waals surface area contributed by atoms with Crippen LogP contribution in [-0.2, 0) is 11.2 Å². The molecule has 0 amide bonds. The average molecular weight is 272 g/mol. The minimum absolute atomic E-state index is 0.0308. The summed E-state index contributed by atoms with van der Waals surface area (Å²) in [6.45, 7) is 2.18. The van der Waals surface area contributed by atoms with Gasteiger partial charge in [-0.05, 0) is 67.1 Å². The Hall–Kier alpha value is -1.18. The first-order chi connectivity index (χ1) is 9.61. The third-order valence-corrected chi connectivity index (χ3v) is 6.43. The summed E-state index contributed by atoms with van der Waals surface area (Å²) in [6, 6.07) is 5.56. The summed E-state index contributed by atoms with van der Waals surface area (Å²) in [6.07, 6.45) is 5.78. The molecule has 3 aliphatic carbocycles. The summed E-state index contributed by atoms with van der Waals surface area (Å²) in [7, 11) is 0. The zero-order chi connectivity index (χ0) is 13.9. The lowest BCUT2D eigenvalue weighted by Crippen LogP contribution is -2.42. The number of carbonyl (C=O) groups excluding carboxylic acids is 1. The minimum atomic E-state index is -0.0774. The van der Waals surface area contributed by atoms with Gasteiger partial charge < -0.3 is 0 Å². The molecule has 1 aromatic rings. The standard InChI is InChI=1S/C18H21FO/c1-18-10-9-12-11-3-2-4-16(19)14(11)6-5-13(12)15(18)7-8-17(18)20/h2-4,12-13,15H,5-10H2,1H3/t12-,13?,15+,18+/m1/s1. The van der Waals surface area contributed by atoms with E-state index in [1.54, 1.807) is 6.07 Å². The van der Waals surface area contributed by atoms with E-state index < -0.39 is 0 Å². The fourth-order valence-corrected chi connectivity index (χ4v) is 5.34. The molecule has 4 atom stereocenters. The van der Waals surface area contributed by atoms with Crippen molar-refractivity contribution < 1.29 is 9.18 Å². The van der Waals surface area contributed by atoms with Crippen molar-refractivity contribution in [3.05, 3.63) is 35.1 Å². The molecule has 0 aromatic heterocycles. The highest BCUT2D eigenvalue weighted by Gasteiger charge is 2.54. The summed E-state index contributed by atoms with van der Waals surface area (Å²) in [5.74, 6) is 2.06. The monoisotopic (exact) mass is 272 g/mol. The topological polar surface area (TPSA) is 17.1 Å². The summed E-state index contributed by atoms with van der Waals surface area (Å²) in [5, 5.41) is 0. The van der Waals surface area contributed by atoms with E-state index >= 15 is 0 Å². The van der Waals surface area contributed by atoms with Gasteiger partial charge >= 0.3 is 0 Å². The summed E-state index contributed by atoms with van der Waals surface area (Å²) >= 11 is 0. The number of hydrogen-bond donors (Lipinski definition) is 0. The Balaban J connectivity index is 1.75. The largest absolute Gasteiger partial charge is 0.299 e. The molecule has 4 rings (SSSR count). The zero-order valence-corrected chi connectivity index (χ0v) is 12.0. The van der Waals surface area contributed by atoms with Crippen molar-refractivity contribution in [3.8, 4) is 0 Å². The first-order valence-electron chi connectivity index (χ1n) is 7.92. The van der Waals surface area contributed by atoms with Gasteiger partial charge in [0.15, 0.2) is 0 Å². The number of fused-ring (bicyclic) bond motifs is 5. The molecule has 2 heteroatoms. The maximum Gasteiger partial charge on any atom is 0.139 e. The Kier molecular flexibility index (Phi) is 2.61. The number of rotatable bonds is 0. The summed E-state index contributed by atoms with van der Waals surface area (Å²) in [4.78, 5) is 12.2. The van der Waals surface area contributed by atoms with Gasteiger partial charge in [-0.2, -0.15) is 0 Å². The number of ketones is 1. The number of halogens is 1. The Bertz CT molecular complexity index is 579. The molecule has 1 aromatic carbocycles. The molecule has 0 saturated heterocycles. The predicted octanol–water partition coefficient (Wildman–Crippen LogP) is 4.25. The Morgan fingerprint density at radius 3 is 2.90 bits per heavy atom. The van der Waals surface area contributed by atoms with Crippen molar-refractivity contribution in [2.75, 3.05) is 0 Å². The molecule has 106 valence electrons. The van der Waals surface area contributed by atoms with E-state index in [0.717, 1.165) is 44.1 Å². The molecule has 20 heavy (non-hydrogen) atoms. The normalized spacial score (nSPS) is 39.1. The van der Waals surface area contributed by atoms with E-state index in [0.29, 0.717) is 23.5 Å². The first kappa shape index (κ1) is 12.6. The van der Waals surface area contributed by atoms with E-state index in [-0.39, 0.29) is 11.2 Å². The van der Waals surface area contributed by atoms with Crippen molar-refractivity contribution in [1.82, 2.24) is 0 Å². The van der Waals surface area contributed by atoms with Crippen molar-refractivity contribution in [2.24, 2.45) is 17.3 Å². The molecule has 0 radical (unpaired) electrons. The summed E-state index contributed by atoms with van der Waals surface area (Å²) < 4.78 is 14.0. The van der Waals surface area contributed by atoms with Gasteiger partial charge in [0.2, 0.25) is 0 Å². The van der Waals surface area contributed by atoms with Gasteiger partial charge in [0.05, 0.1) is 0 Å². The van der Waals surface area contributed by atoms with Crippen LogP contribution in [0.15, 0.2) is 18.2 Å². The molecule has 2 saturated carbocycles. The molecule has 1 unspecified atom stereocenters. The quantitative estimate of drug-likeness (QED) is 0.690. The molecular formula is C18H21FO. The highest BCUT2D eigenvalue weighted by atomic mass is 19.1. The van der Waals surface area contributed by atoms with Gasteiger partial charge in [-0.1, -0.05) is 19.1 Å². The lowest BCUT2D eigenvalue weighted by molar-refractivity contribution is -0.129. The highest BCUT2D eigenvalue weighted by Crippen LogP contribution is 2.59. The second kappa shape index (κ2) is 4.16. The van der Waals surface area contributed by atoms with Gasteiger partial charge in [0, 0.05) is 11.8 Å². The van der Waals surface area contributed by atoms with E-state index in [1.165, 1.54) is 5.56 Å². The van der Waals surface area contributed by atoms with Gasteiger partial charge in [0.1, 0.15) is 11.6 Å². The second-order valence-corrected chi connectivity index (χ2v) is 7.14. The van der Waals surface area contributed by atoms with Crippen LogP contribution >= 0.6 is 0 Å². The van der Waals surface area contributed by atoms with Crippen LogP contribution in [0.4, 0.5) is 4.39 Å². The minimum Gasteiger partial charge on any atom is -0.299 e. The Labute approximate surface area is 119 Å². The van der Waals surface area contributed by atoms with Crippen LogP contribution in [0.2, 0.25) is 0 Å². The molecule has 2 fully saturated rings. The van der Waals surface area contributed by atoms with Crippen LogP contribution in [-0.4, -0.2) is 5.78 Å². The molecule has 3 aliphatic rings. The maximum absolute atomic E-state index is 14.0. The third kappa shape index (κ3) is 1.51. The van der Waals surface area contributed by atoms with Crippen LogP contribution in [0.3, 0.4) is 0 Å². The van der Waals surface area contributed by atoms with Crippen LogP contribution in [0, 0.1) is 23.1 Å². The van der Waals surface area contributed by atoms with Crippen molar-refractivity contribution in [2.45, 2.75) is 51.4 Å². The number of Topliss-reactive ketones (excluding diaryl/α,β-unsaturated/α-hetero) is 1. The summed E-state index contributed by atoms with van der Waals surface area (Å²) in [5.41, 5.74) is 2.11. The predicted molar refractivity (Wildman–Crippen MR) is 76.0 cm³/mol. The van der Waals surface area contributed by atoms with Crippen molar-refractivity contribution >= 4 is 5.78 Å². The van der Waals surface area contributed by atoms with Crippen LogP contribution in [0.5, 0.6) is 0 Å². The third-order valence-electron chi connectivity index (χ3n) is 6.43. The highest BCUT2D eigenvalue weighted by molar-refractivity contribution is 5.87. The fourth-order valence-electron chi connectivity index (χ4n) is 5.34. The molecule has 0 aliphatic heterocycles. The van der Waals surface area contributed by atoms with E-state index in [4.69, 9.17) is 0 Å². The number of hydrogen-bond acceptors (Lipinski definition) is 1. The maximum atomic E-state index is 14.0. The zero-order valence-electron chi connectivity index (χ0n) is 12.0. The number of carbonyl (C=O) groups is 1. The Morgan fingerprint density at radius 1 is 1.20 bits per heavy atom. The molecule has 0 bridgehead atoms. The van der Waals surface area contributed by atoms with Crippen LogP contribution < -0.4 is 0 Å². The molecule has 0 N–H and O–H groups in total. The second-order valence-electron chi connectivity index (χ2n) is 7.14. The van der Waals surface area contributed by atoms with Gasteiger partial charge in [-0.25, -0.2) is 4.39 Å². The molecule has 0 spiro atoms. The molecule has 0 heterocycles. The average Bonchev–Trinajstić information content (AvgIpc) is 2.75. The van der Waals surface area contributed by atoms with Crippen molar-refractivity contribution in [1.29, 1.82) is 0 Å². The van der Waals surface area contributed by atoms with Crippen LogP contribution in [0.25, 0.3) is 0 Å². The van der Waals surface area contributed by atoms with E-state index in [1.807, 2.05) is 6.07 Å².